The molecule has 0 aromatic heterocycles. The van der Waals surface area contributed by atoms with Crippen LogP contribution in [0.1, 0.15) is 6.92 Å². The molecule has 4 nitrogen and oxygen atoms in total. The van der Waals surface area contributed by atoms with Gasteiger partial charge in [0.15, 0.2) is 0 Å². The van der Waals surface area contributed by atoms with Crippen molar-refractivity contribution in [1.29, 1.82) is 0 Å². The highest BCUT2D eigenvalue weighted by Crippen LogP contribution is 1.92. The van der Waals surface area contributed by atoms with Crippen LogP contribution in [-0.4, -0.2) is 43.4 Å². The summed E-state index contributed by atoms with van der Waals surface area (Å²) in [5.74, 6) is -1.10. The van der Waals surface area contributed by atoms with E-state index in [0.717, 1.165) is 0 Å². The molecule has 0 atom stereocenters. The predicted molar refractivity (Wildman–Crippen MR) is 48.8 cm³/mol. The van der Waals surface area contributed by atoms with Crippen LogP contribution < -0.4 is 0 Å². The lowest BCUT2D eigenvalue weighted by molar-refractivity contribution is -0.143. The molecule has 0 rings (SSSR count). The number of carboxylic acids is 1. The first-order chi connectivity index (χ1) is 5.43. The van der Waals surface area contributed by atoms with Gasteiger partial charge in [-0.3, -0.25) is 9.59 Å². The summed E-state index contributed by atoms with van der Waals surface area (Å²) in [6.45, 7) is 5.40. The number of hydrogen-bond acceptors (Lipinski definition) is 2. The normalized spacial score (nSPS) is 10.0. The van der Waals surface area contributed by atoms with E-state index in [2.05, 4.69) is 13.1 Å². The fourth-order valence-electron chi connectivity index (χ4n) is 0.908. The van der Waals surface area contributed by atoms with E-state index >= 15 is 0 Å². The van der Waals surface area contributed by atoms with Gasteiger partial charge in [-0.25, -0.2) is 0 Å². The Bertz CT molecular complexity index is 181. The number of carbonyl (C=O) groups is 2. The Hall–Kier alpha value is -0.843. The third kappa shape index (κ3) is 4.89. The smallest absolute Gasteiger partial charge is 0.323 e. The topological polar surface area (TPSA) is 57.6 Å². The number of aliphatic carboxylic acids is 1. The molecular weight excluding hydrogens is 174 g/mol. The molecule has 1 N–H and O–H groups in total. The molecule has 0 radical (unpaired) electrons. The Kier molecular flexibility index (Phi) is 4.57. The largest absolute Gasteiger partial charge is 0.480 e. The maximum atomic E-state index is 10.9. The average molecular weight is 189 g/mol. The zero-order chi connectivity index (χ0) is 9.72. The van der Waals surface area contributed by atoms with Crippen LogP contribution in [0.3, 0.4) is 0 Å². The van der Waals surface area contributed by atoms with Crippen molar-refractivity contribution >= 4 is 20.7 Å². The van der Waals surface area contributed by atoms with Crippen molar-refractivity contribution in [2.24, 2.45) is 0 Å². The van der Waals surface area contributed by atoms with Gasteiger partial charge in [0.2, 0.25) is 5.91 Å². The van der Waals surface area contributed by atoms with E-state index < -0.39 is 14.8 Å². The van der Waals surface area contributed by atoms with E-state index in [9.17, 15) is 9.59 Å². The maximum absolute atomic E-state index is 10.9. The summed E-state index contributed by atoms with van der Waals surface area (Å²) in [4.78, 5) is 22.6. The fourth-order valence-corrected chi connectivity index (χ4v) is 2.18. The lowest BCUT2D eigenvalue weighted by Crippen LogP contribution is -2.39. The van der Waals surface area contributed by atoms with Crippen LogP contribution in [0.4, 0.5) is 0 Å². The molecule has 70 valence electrons. The van der Waals surface area contributed by atoms with Gasteiger partial charge in [-0.1, -0.05) is 13.1 Å². The first-order valence-electron chi connectivity index (χ1n) is 3.90. The van der Waals surface area contributed by atoms with Crippen molar-refractivity contribution < 1.29 is 14.7 Å². The van der Waals surface area contributed by atoms with Gasteiger partial charge in [0.25, 0.3) is 0 Å². The molecule has 0 bridgehead atoms. The second-order valence-corrected chi connectivity index (χ2v) is 6.34. The minimum absolute atomic E-state index is 0.154. The van der Waals surface area contributed by atoms with Gasteiger partial charge in [-0.05, 0) is 0 Å². The summed E-state index contributed by atoms with van der Waals surface area (Å²) in [6.07, 6.45) is 0.641. The first-order valence-corrected chi connectivity index (χ1v) is 7.03. The van der Waals surface area contributed by atoms with Crippen LogP contribution in [0.5, 0.6) is 0 Å². The molecule has 0 aromatic rings. The third-order valence-electron chi connectivity index (χ3n) is 1.36. The van der Waals surface area contributed by atoms with Gasteiger partial charge in [-0.15, -0.1) is 0 Å². The highest BCUT2D eigenvalue weighted by Gasteiger charge is 2.13. The Morgan fingerprint density at radius 2 is 1.92 bits per heavy atom. The van der Waals surface area contributed by atoms with E-state index in [4.69, 9.17) is 5.11 Å². The molecule has 0 saturated carbocycles. The maximum Gasteiger partial charge on any atom is 0.323 e. The highest BCUT2D eigenvalue weighted by molar-refractivity contribution is 6.56. The Balaban J connectivity index is 4.04. The summed E-state index contributed by atoms with van der Waals surface area (Å²) in [5, 5.41) is 8.47. The van der Waals surface area contributed by atoms with Crippen molar-refractivity contribution in [3.8, 4) is 0 Å². The first kappa shape index (κ1) is 11.2. The summed E-state index contributed by atoms with van der Waals surface area (Å²) >= 11 is 0. The van der Waals surface area contributed by atoms with Crippen LogP contribution in [0, 0.1) is 0 Å². The molecular formula is C7H15NO3Si. The molecule has 0 saturated heterocycles. The van der Waals surface area contributed by atoms with Gasteiger partial charge in [0.1, 0.15) is 6.54 Å². The molecule has 0 aliphatic rings. The van der Waals surface area contributed by atoms with Gasteiger partial charge < -0.3 is 10.0 Å². The van der Waals surface area contributed by atoms with E-state index in [1.165, 1.54) is 11.8 Å². The van der Waals surface area contributed by atoms with Gasteiger partial charge in [-0.2, -0.15) is 0 Å². The predicted octanol–water partition coefficient (Wildman–Crippen LogP) is -0.0546. The number of nitrogens with zero attached hydrogens (tertiary/aromatic N) is 1. The SMILES string of the molecule is CC(=O)N(CC(=O)O)C[SiH](C)C. The molecule has 12 heavy (non-hydrogen) atoms. The van der Waals surface area contributed by atoms with Crippen molar-refractivity contribution in [3.63, 3.8) is 0 Å². The van der Waals surface area contributed by atoms with Crippen LogP contribution in [0.25, 0.3) is 0 Å². The van der Waals surface area contributed by atoms with Crippen LogP contribution in [0.2, 0.25) is 13.1 Å². The Morgan fingerprint density at radius 3 is 2.17 bits per heavy atom. The van der Waals surface area contributed by atoms with Crippen molar-refractivity contribution in [3.05, 3.63) is 0 Å². The lowest BCUT2D eigenvalue weighted by atomic mass is 10.5. The third-order valence-corrected chi connectivity index (χ3v) is 2.53. The molecule has 0 spiro atoms. The quantitative estimate of drug-likeness (QED) is 0.631. The van der Waals surface area contributed by atoms with Crippen LogP contribution in [0.15, 0.2) is 0 Å². The van der Waals surface area contributed by atoms with Gasteiger partial charge in [0.05, 0.1) is 8.80 Å². The Morgan fingerprint density at radius 1 is 1.42 bits per heavy atom. The second kappa shape index (κ2) is 4.92. The minimum Gasteiger partial charge on any atom is -0.480 e. The molecule has 0 fully saturated rings. The second-order valence-electron chi connectivity index (χ2n) is 3.19. The molecule has 0 aliphatic heterocycles. The number of carboxylic acid groups (broad SMARTS) is 1. The summed E-state index contributed by atoms with van der Waals surface area (Å²) in [5.41, 5.74) is 0. The van der Waals surface area contributed by atoms with Crippen LogP contribution in [-0.2, 0) is 9.59 Å². The summed E-state index contributed by atoms with van der Waals surface area (Å²) < 4.78 is 0. The van der Waals surface area contributed by atoms with Gasteiger partial charge in [0, 0.05) is 13.1 Å². The summed E-state index contributed by atoms with van der Waals surface area (Å²) in [7, 11) is -0.902. The number of rotatable bonds is 4. The molecule has 0 aliphatic carbocycles. The summed E-state index contributed by atoms with van der Waals surface area (Å²) in [6, 6.07) is 0. The van der Waals surface area contributed by atoms with E-state index in [0.29, 0.717) is 6.17 Å². The Labute approximate surface area is 73.8 Å². The number of amides is 1. The average Bonchev–Trinajstić information content (AvgIpc) is 1.83. The minimum atomic E-state index is -0.945. The number of hydrogen-bond donors (Lipinski definition) is 1. The standard InChI is InChI=1S/C7H15NO3Si/c1-6(9)8(4-7(10)11)5-12(2)3/h12H,4-5H2,1-3H3,(H,10,11). The molecule has 5 heteroatoms. The molecule has 0 unspecified atom stereocenters. The van der Waals surface area contributed by atoms with Gasteiger partial charge >= 0.3 is 5.97 Å². The molecule has 0 aromatic carbocycles. The molecule has 0 heterocycles. The zero-order valence-corrected chi connectivity index (χ0v) is 8.86. The monoisotopic (exact) mass is 189 g/mol. The number of carbonyl (C=O) groups excluding carboxylic acids is 1. The fraction of sp³-hybridized carbons (Fsp3) is 0.714. The van der Waals surface area contributed by atoms with Crippen LogP contribution >= 0.6 is 0 Å². The van der Waals surface area contributed by atoms with E-state index in [-0.39, 0.29) is 12.5 Å². The van der Waals surface area contributed by atoms with Crippen molar-refractivity contribution in [2.45, 2.75) is 20.0 Å². The van der Waals surface area contributed by atoms with E-state index in [1.54, 1.807) is 0 Å². The van der Waals surface area contributed by atoms with Crippen molar-refractivity contribution in [2.75, 3.05) is 12.7 Å². The van der Waals surface area contributed by atoms with E-state index in [1.807, 2.05) is 0 Å². The van der Waals surface area contributed by atoms with Crippen molar-refractivity contribution in [1.82, 2.24) is 4.90 Å². The molecule has 1 amide bonds. The zero-order valence-electron chi connectivity index (χ0n) is 7.70. The highest BCUT2D eigenvalue weighted by atomic mass is 28.3. The lowest BCUT2D eigenvalue weighted by Gasteiger charge is -2.20.